The fourth-order valence-corrected chi connectivity index (χ4v) is 9.42. The summed E-state index contributed by atoms with van der Waals surface area (Å²) in [5, 5.41) is 9.06. The molecule has 10 unspecified atom stereocenters. The molecule has 2 aliphatic heterocycles. The Bertz CT molecular complexity index is 651. The average molecular weight is 625 g/mol. The molecular weight excluding hydrogens is 556 g/mol. The maximum Gasteiger partial charge on any atom is 0.104 e. The summed E-state index contributed by atoms with van der Waals surface area (Å²) in [5.41, 5.74) is 0. The summed E-state index contributed by atoms with van der Waals surface area (Å²) in [6.45, 7) is 14.8. The highest BCUT2D eigenvalue weighted by Crippen LogP contribution is 2.59. The first-order chi connectivity index (χ1) is 21.6. The molecule has 8 rings (SSSR count). The van der Waals surface area contributed by atoms with Crippen LogP contribution in [0.2, 0.25) is 0 Å². The largest absolute Gasteiger partial charge is 0.388 e. The number of hydrogen-bond donors (Lipinski definition) is 1. The monoisotopic (exact) mass is 624 g/mol. The van der Waals surface area contributed by atoms with Crippen LogP contribution >= 0.6 is 0 Å². The van der Waals surface area contributed by atoms with Crippen LogP contribution in [0.15, 0.2) is 0 Å². The van der Waals surface area contributed by atoms with Crippen molar-refractivity contribution in [3.05, 3.63) is 0 Å². The van der Waals surface area contributed by atoms with Crippen LogP contribution in [0, 0.1) is 47.3 Å². The van der Waals surface area contributed by atoms with Gasteiger partial charge in [-0.15, -0.1) is 0 Å². The van der Waals surface area contributed by atoms with Crippen molar-refractivity contribution in [2.45, 2.75) is 123 Å². The van der Waals surface area contributed by atoms with E-state index >= 15 is 0 Å². The molecule has 7 nitrogen and oxygen atoms in total. The van der Waals surface area contributed by atoms with E-state index in [2.05, 4.69) is 0 Å². The predicted molar refractivity (Wildman–Crippen MR) is 175 cm³/mol. The van der Waals surface area contributed by atoms with E-state index < -0.39 is 6.10 Å². The standard InChI is InChI=1S/2C10H16.C7H16O3.2C5H10O2/c2*1-2-9-7-4-5-8(6-7)10(9)3-1;1-3-9-5-7(8)6-10-4-2;2*1-2-6-3-5-4-7-5/h2*7-10H,1-6H2;7-8H,3-6H2,1-2H3;2*5H,2-4H2,1H3. The van der Waals surface area contributed by atoms with Gasteiger partial charge < -0.3 is 33.5 Å². The third-order valence-electron chi connectivity index (χ3n) is 11.5. The molecule has 0 radical (unpaired) electrons. The van der Waals surface area contributed by atoms with E-state index in [9.17, 15) is 0 Å². The number of aliphatic hydroxyl groups is 1. The fraction of sp³-hybridized carbons (Fsp3) is 1.00. The maximum absolute atomic E-state index is 9.06. The number of fused-ring (bicyclic) bond motifs is 10. The molecule has 1 N–H and O–H groups in total. The summed E-state index contributed by atoms with van der Waals surface area (Å²) < 4.78 is 29.8. The minimum atomic E-state index is -0.472. The summed E-state index contributed by atoms with van der Waals surface area (Å²) >= 11 is 0. The van der Waals surface area contributed by atoms with Crippen LogP contribution in [0.5, 0.6) is 0 Å². The third-order valence-corrected chi connectivity index (χ3v) is 11.5. The number of epoxide rings is 2. The molecule has 0 spiro atoms. The third kappa shape index (κ3) is 12.1. The number of hydrogen-bond acceptors (Lipinski definition) is 7. The van der Waals surface area contributed by atoms with Crippen molar-refractivity contribution in [1.82, 2.24) is 0 Å². The Labute approximate surface area is 269 Å². The Morgan fingerprint density at radius 2 is 0.841 bits per heavy atom. The van der Waals surface area contributed by atoms with Gasteiger partial charge >= 0.3 is 0 Å². The number of rotatable bonds is 12. The quantitative estimate of drug-likeness (QED) is 0.236. The maximum atomic E-state index is 9.06. The van der Waals surface area contributed by atoms with E-state index in [0.29, 0.717) is 38.6 Å². The molecule has 6 saturated carbocycles. The van der Waals surface area contributed by atoms with Gasteiger partial charge in [0.25, 0.3) is 0 Å². The fourth-order valence-electron chi connectivity index (χ4n) is 9.42. The lowest BCUT2D eigenvalue weighted by Gasteiger charge is -2.23. The molecule has 258 valence electrons. The normalized spacial score (nSPS) is 37.5. The molecule has 0 aromatic heterocycles. The molecule has 10 atom stereocenters. The van der Waals surface area contributed by atoms with Gasteiger partial charge in [-0.1, -0.05) is 12.8 Å². The predicted octanol–water partition coefficient (Wildman–Crippen LogP) is 6.93. The molecule has 0 amide bonds. The number of aliphatic hydroxyl groups excluding tert-OH is 1. The Morgan fingerprint density at radius 1 is 0.523 bits per heavy atom. The topological polar surface area (TPSA) is 82.2 Å². The van der Waals surface area contributed by atoms with Crippen molar-refractivity contribution in [2.24, 2.45) is 47.3 Å². The van der Waals surface area contributed by atoms with Crippen LogP contribution in [0.25, 0.3) is 0 Å². The van der Waals surface area contributed by atoms with Gasteiger partial charge in [-0.2, -0.15) is 0 Å². The summed E-state index contributed by atoms with van der Waals surface area (Å²) in [7, 11) is 0. The van der Waals surface area contributed by atoms with Gasteiger partial charge in [0.05, 0.1) is 39.6 Å². The zero-order valence-electron chi connectivity index (χ0n) is 28.8. The molecule has 8 aliphatic rings. The lowest BCUT2D eigenvalue weighted by atomic mass is 9.82. The molecular formula is C37H68O7. The Balaban J connectivity index is 0.000000127. The molecule has 0 aromatic rings. The van der Waals surface area contributed by atoms with Crippen molar-refractivity contribution < 1.29 is 33.5 Å². The van der Waals surface area contributed by atoms with E-state index in [4.69, 9.17) is 33.5 Å². The number of ether oxygens (including phenoxy) is 6. The Hall–Kier alpha value is -0.280. The van der Waals surface area contributed by atoms with Crippen LogP contribution in [0.1, 0.15) is 105 Å². The van der Waals surface area contributed by atoms with Crippen molar-refractivity contribution in [2.75, 3.05) is 66.1 Å². The zero-order valence-corrected chi connectivity index (χ0v) is 28.8. The van der Waals surface area contributed by atoms with Crippen LogP contribution in [-0.2, 0) is 28.4 Å². The highest BCUT2D eigenvalue weighted by Gasteiger charge is 2.49. The minimum Gasteiger partial charge on any atom is -0.388 e. The molecule has 8 fully saturated rings. The Kier molecular flexibility index (Phi) is 16.8. The van der Waals surface area contributed by atoms with Crippen molar-refractivity contribution in [3.8, 4) is 0 Å². The van der Waals surface area contributed by atoms with E-state index in [1.54, 1.807) is 77.0 Å². The molecule has 7 heteroatoms. The van der Waals surface area contributed by atoms with Crippen molar-refractivity contribution >= 4 is 0 Å². The average Bonchev–Trinajstić information content (AvgIpc) is 3.58. The molecule has 0 aromatic carbocycles. The first kappa shape index (κ1) is 36.6. The first-order valence-corrected chi connectivity index (χ1v) is 18.8. The lowest BCUT2D eigenvalue weighted by Crippen LogP contribution is -2.21. The van der Waals surface area contributed by atoms with Crippen molar-refractivity contribution in [3.63, 3.8) is 0 Å². The Morgan fingerprint density at radius 3 is 1.11 bits per heavy atom. The minimum absolute atomic E-state index is 0.372. The van der Waals surface area contributed by atoms with Gasteiger partial charge in [0.15, 0.2) is 0 Å². The van der Waals surface area contributed by atoms with Gasteiger partial charge in [-0.05, 0) is 139 Å². The lowest BCUT2D eigenvalue weighted by molar-refractivity contribution is -0.0132. The highest BCUT2D eigenvalue weighted by molar-refractivity contribution is 4.99. The van der Waals surface area contributed by atoms with E-state index in [0.717, 1.165) is 39.6 Å². The first-order valence-electron chi connectivity index (χ1n) is 18.8. The zero-order chi connectivity index (χ0) is 31.1. The van der Waals surface area contributed by atoms with Gasteiger partial charge in [0.2, 0.25) is 0 Å². The van der Waals surface area contributed by atoms with Crippen LogP contribution in [-0.4, -0.2) is 89.5 Å². The highest BCUT2D eigenvalue weighted by atomic mass is 16.6. The second-order valence-corrected chi connectivity index (χ2v) is 14.4. The summed E-state index contributed by atoms with van der Waals surface area (Å²) in [4.78, 5) is 0. The molecule has 4 bridgehead atoms. The summed E-state index contributed by atoms with van der Waals surface area (Å²) in [6, 6.07) is 0. The van der Waals surface area contributed by atoms with Crippen LogP contribution < -0.4 is 0 Å². The molecule has 2 saturated heterocycles. The van der Waals surface area contributed by atoms with Gasteiger partial charge in [0.1, 0.15) is 18.3 Å². The summed E-state index contributed by atoms with van der Waals surface area (Å²) in [5.74, 6) is 9.60. The van der Waals surface area contributed by atoms with Crippen LogP contribution in [0.3, 0.4) is 0 Å². The smallest absolute Gasteiger partial charge is 0.104 e. The molecule has 44 heavy (non-hydrogen) atoms. The van der Waals surface area contributed by atoms with Gasteiger partial charge in [0, 0.05) is 26.4 Å². The van der Waals surface area contributed by atoms with Crippen LogP contribution in [0.4, 0.5) is 0 Å². The van der Waals surface area contributed by atoms with Gasteiger partial charge in [-0.25, -0.2) is 0 Å². The second-order valence-electron chi connectivity index (χ2n) is 14.4. The van der Waals surface area contributed by atoms with E-state index in [-0.39, 0.29) is 0 Å². The SMILES string of the molecule is C1CC2C3CCC(C3)C2C1.C1CC2C3CCC(C3)C2C1.CCOCC(O)COCC.CCOCC1CO1.CCOCC1CO1. The molecule has 6 aliphatic carbocycles. The second kappa shape index (κ2) is 20.2. The van der Waals surface area contributed by atoms with E-state index in [1.165, 1.54) is 47.3 Å². The molecule has 2 heterocycles. The van der Waals surface area contributed by atoms with Gasteiger partial charge in [-0.3, -0.25) is 0 Å². The van der Waals surface area contributed by atoms with Crippen molar-refractivity contribution in [1.29, 1.82) is 0 Å². The van der Waals surface area contributed by atoms with E-state index in [1.807, 2.05) is 27.7 Å². The summed E-state index contributed by atoms with van der Waals surface area (Å²) in [6.07, 6.45) is 19.5.